The first-order chi connectivity index (χ1) is 8.69. The van der Waals surface area contributed by atoms with Crippen LogP contribution in [0.4, 0.5) is 0 Å². The van der Waals surface area contributed by atoms with Crippen LogP contribution in [-0.2, 0) is 10.0 Å². The molecule has 1 radical (unpaired) electrons. The van der Waals surface area contributed by atoms with Crippen molar-refractivity contribution in [2.75, 3.05) is 0 Å². The standard InChI is InChI=1S/C14H10NO2S/c16-18(17,13-7-2-1-3-8-13)15-11-10-12-6-4-5-9-14(12)15/h1-4,6-11H. The SMILES string of the molecule is O=S(=O)(c1ccccc1)n1ccc2cc[c]cc21. The lowest BCUT2D eigenvalue weighted by Crippen LogP contribution is -2.11. The lowest BCUT2D eigenvalue weighted by molar-refractivity contribution is 0.589. The van der Waals surface area contributed by atoms with Crippen LogP contribution in [0.5, 0.6) is 0 Å². The van der Waals surface area contributed by atoms with Gasteiger partial charge in [-0.3, -0.25) is 0 Å². The Labute approximate surface area is 105 Å². The average molecular weight is 256 g/mol. The molecular weight excluding hydrogens is 246 g/mol. The van der Waals surface area contributed by atoms with Gasteiger partial charge in [0.1, 0.15) is 0 Å². The first-order valence-electron chi connectivity index (χ1n) is 5.47. The van der Waals surface area contributed by atoms with E-state index < -0.39 is 10.0 Å². The van der Waals surface area contributed by atoms with E-state index in [9.17, 15) is 8.42 Å². The first-order valence-corrected chi connectivity index (χ1v) is 6.91. The molecule has 0 fully saturated rings. The van der Waals surface area contributed by atoms with Gasteiger partial charge in [0.25, 0.3) is 10.0 Å². The Morgan fingerprint density at radius 2 is 1.78 bits per heavy atom. The molecule has 3 nitrogen and oxygen atoms in total. The second-order valence-electron chi connectivity index (χ2n) is 3.91. The zero-order valence-electron chi connectivity index (χ0n) is 9.45. The third-order valence-corrected chi connectivity index (χ3v) is 4.51. The molecule has 0 atom stereocenters. The Hall–Kier alpha value is -2.07. The van der Waals surface area contributed by atoms with Crippen molar-refractivity contribution in [3.8, 4) is 0 Å². The second kappa shape index (κ2) is 3.99. The van der Waals surface area contributed by atoms with Crippen molar-refractivity contribution in [1.29, 1.82) is 0 Å². The summed E-state index contributed by atoms with van der Waals surface area (Å²) in [5.41, 5.74) is 0.640. The fraction of sp³-hybridized carbons (Fsp3) is 0. The summed E-state index contributed by atoms with van der Waals surface area (Å²) in [6.45, 7) is 0. The molecule has 89 valence electrons. The molecule has 3 aromatic rings. The van der Waals surface area contributed by atoms with Gasteiger partial charge in [0.2, 0.25) is 0 Å². The van der Waals surface area contributed by atoms with Crippen molar-refractivity contribution in [3.05, 3.63) is 66.9 Å². The van der Waals surface area contributed by atoms with E-state index >= 15 is 0 Å². The molecular formula is C14H10NO2S. The predicted molar refractivity (Wildman–Crippen MR) is 69.8 cm³/mol. The Balaban J connectivity index is 2.27. The van der Waals surface area contributed by atoms with Crippen molar-refractivity contribution in [1.82, 2.24) is 3.97 Å². The van der Waals surface area contributed by atoms with E-state index in [2.05, 4.69) is 6.07 Å². The summed E-state index contributed by atoms with van der Waals surface area (Å²) >= 11 is 0. The molecule has 1 aromatic heterocycles. The number of nitrogens with zero attached hydrogens (tertiary/aromatic N) is 1. The minimum atomic E-state index is -3.53. The van der Waals surface area contributed by atoms with E-state index in [4.69, 9.17) is 0 Å². The average Bonchev–Trinajstić information content (AvgIpc) is 2.84. The molecule has 0 unspecified atom stereocenters. The third-order valence-electron chi connectivity index (χ3n) is 2.80. The quantitative estimate of drug-likeness (QED) is 0.707. The summed E-state index contributed by atoms with van der Waals surface area (Å²) in [4.78, 5) is 0.284. The van der Waals surface area contributed by atoms with Gasteiger partial charge in [-0.1, -0.05) is 30.3 Å². The maximum Gasteiger partial charge on any atom is 0.268 e. The van der Waals surface area contributed by atoms with Crippen molar-refractivity contribution in [2.45, 2.75) is 4.90 Å². The van der Waals surface area contributed by atoms with Gasteiger partial charge in [-0.2, -0.15) is 0 Å². The largest absolute Gasteiger partial charge is 0.268 e. The van der Waals surface area contributed by atoms with Crippen LogP contribution < -0.4 is 0 Å². The Kier molecular flexibility index (Phi) is 2.45. The predicted octanol–water partition coefficient (Wildman–Crippen LogP) is 2.68. The van der Waals surface area contributed by atoms with Crippen molar-refractivity contribution < 1.29 is 8.42 Å². The zero-order chi connectivity index (χ0) is 12.6. The van der Waals surface area contributed by atoms with Crippen LogP contribution in [0.1, 0.15) is 0 Å². The van der Waals surface area contributed by atoms with E-state index in [0.717, 1.165) is 5.39 Å². The molecule has 0 amide bonds. The van der Waals surface area contributed by atoms with Gasteiger partial charge >= 0.3 is 0 Å². The van der Waals surface area contributed by atoms with Gasteiger partial charge in [-0.15, -0.1) is 0 Å². The van der Waals surface area contributed by atoms with E-state index in [0.29, 0.717) is 5.52 Å². The van der Waals surface area contributed by atoms with Gasteiger partial charge in [-0.25, -0.2) is 12.4 Å². The first kappa shape index (κ1) is 11.0. The Morgan fingerprint density at radius 3 is 2.56 bits per heavy atom. The summed E-state index contributed by atoms with van der Waals surface area (Å²) in [5, 5.41) is 0.883. The van der Waals surface area contributed by atoms with Crippen LogP contribution in [-0.4, -0.2) is 12.4 Å². The van der Waals surface area contributed by atoms with Crippen LogP contribution in [0.3, 0.4) is 0 Å². The van der Waals surface area contributed by atoms with Crippen molar-refractivity contribution in [3.63, 3.8) is 0 Å². The molecule has 0 aliphatic heterocycles. The molecule has 4 heteroatoms. The topological polar surface area (TPSA) is 39.1 Å². The van der Waals surface area contributed by atoms with Gasteiger partial charge < -0.3 is 0 Å². The highest BCUT2D eigenvalue weighted by Gasteiger charge is 2.17. The molecule has 0 saturated heterocycles. The van der Waals surface area contributed by atoms with E-state index in [1.54, 1.807) is 54.7 Å². The summed E-state index contributed by atoms with van der Waals surface area (Å²) in [7, 11) is -3.53. The lowest BCUT2D eigenvalue weighted by Gasteiger charge is -2.06. The highest BCUT2D eigenvalue weighted by molar-refractivity contribution is 7.90. The van der Waals surface area contributed by atoms with E-state index in [-0.39, 0.29) is 4.90 Å². The van der Waals surface area contributed by atoms with Crippen molar-refractivity contribution >= 4 is 20.9 Å². The van der Waals surface area contributed by atoms with E-state index in [1.807, 2.05) is 6.07 Å². The molecule has 0 aliphatic rings. The fourth-order valence-corrected chi connectivity index (χ4v) is 3.28. The summed E-state index contributed by atoms with van der Waals surface area (Å²) in [6, 6.07) is 18.4. The fourth-order valence-electron chi connectivity index (χ4n) is 1.91. The smallest absolute Gasteiger partial charge is 0.241 e. The van der Waals surface area contributed by atoms with Crippen LogP contribution in [0.15, 0.2) is 65.7 Å². The molecule has 1 heterocycles. The highest BCUT2D eigenvalue weighted by Crippen LogP contribution is 2.21. The van der Waals surface area contributed by atoms with Crippen molar-refractivity contribution in [2.24, 2.45) is 0 Å². The molecule has 0 spiro atoms. The second-order valence-corrected chi connectivity index (χ2v) is 5.73. The highest BCUT2D eigenvalue weighted by atomic mass is 32.2. The minimum absolute atomic E-state index is 0.284. The van der Waals surface area contributed by atoms with Crippen LogP contribution in [0.2, 0.25) is 0 Å². The Bertz CT molecular complexity index is 789. The summed E-state index contributed by atoms with van der Waals surface area (Å²) in [5.74, 6) is 0. The monoisotopic (exact) mass is 256 g/mol. The summed E-state index contributed by atoms with van der Waals surface area (Å²) < 4.78 is 26.2. The molecule has 2 aromatic carbocycles. The van der Waals surface area contributed by atoms with Gasteiger partial charge in [0.15, 0.2) is 0 Å². The van der Waals surface area contributed by atoms with Gasteiger partial charge in [0, 0.05) is 11.6 Å². The lowest BCUT2D eigenvalue weighted by atomic mass is 10.3. The van der Waals surface area contributed by atoms with E-state index in [1.165, 1.54) is 3.97 Å². The molecule has 3 rings (SSSR count). The van der Waals surface area contributed by atoms with Gasteiger partial charge in [0.05, 0.1) is 10.4 Å². The number of hydrogen-bond acceptors (Lipinski definition) is 2. The maximum atomic E-state index is 12.5. The number of hydrogen-bond donors (Lipinski definition) is 0. The van der Waals surface area contributed by atoms with Gasteiger partial charge in [-0.05, 0) is 30.3 Å². The number of rotatable bonds is 2. The Morgan fingerprint density at radius 1 is 1.00 bits per heavy atom. The normalized spacial score (nSPS) is 11.8. The van der Waals surface area contributed by atoms with Crippen LogP contribution in [0, 0.1) is 6.07 Å². The minimum Gasteiger partial charge on any atom is -0.241 e. The van der Waals surface area contributed by atoms with Crippen LogP contribution >= 0.6 is 0 Å². The molecule has 0 bridgehead atoms. The molecule has 0 N–H and O–H groups in total. The molecule has 0 saturated carbocycles. The number of aromatic nitrogens is 1. The number of benzene rings is 2. The summed E-state index contributed by atoms with van der Waals surface area (Å²) in [6.07, 6.45) is 1.57. The molecule has 0 aliphatic carbocycles. The van der Waals surface area contributed by atoms with Crippen LogP contribution in [0.25, 0.3) is 10.9 Å². The number of fused-ring (bicyclic) bond motifs is 1. The molecule has 18 heavy (non-hydrogen) atoms. The third kappa shape index (κ3) is 1.62. The maximum absolute atomic E-state index is 12.5. The zero-order valence-corrected chi connectivity index (χ0v) is 10.3.